The van der Waals surface area contributed by atoms with Crippen molar-refractivity contribution in [3.8, 4) is 0 Å². The Morgan fingerprint density at radius 3 is 2.82 bits per heavy atom. The molecule has 1 saturated heterocycles. The summed E-state index contributed by atoms with van der Waals surface area (Å²) in [5.74, 6) is 0.616. The summed E-state index contributed by atoms with van der Waals surface area (Å²) in [6, 6.07) is 0.649. The maximum absolute atomic E-state index is 5.70. The van der Waals surface area contributed by atoms with E-state index in [0.29, 0.717) is 25.1 Å². The Balaban J connectivity index is 2.18. The van der Waals surface area contributed by atoms with Gasteiger partial charge in [0.15, 0.2) is 0 Å². The molecule has 2 heterocycles. The summed E-state index contributed by atoms with van der Waals surface area (Å²) in [6.07, 6.45) is 0. The first-order valence-corrected chi connectivity index (χ1v) is 5.90. The summed E-state index contributed by atoms with van der Waals surface area (Å²) in [7, 11) is 1.87. The van der Waals surface area contributed by atoms with Gasteiger partial charge in [0, 0.05) is 6.54 Å². The van der Waals surface area contributed by atoms with Crippen molar-refractivity contribution in [1.29, 1.82) is 0 Å². The van der Waals surface area contributed by atoms with E-state index in [-0.39, 0.29) is 11.6 Å². The van der Waals surface area contributed by atoms with Crippen LogP contribution in [0.1, 0.15) is 32.7 Å². The molecule has 17 heavy (non-hydrogen) atoms. The largest absolute Gasteiger partial charge is 0.406 e. The van der Waals surface area contributed by atoms with Gasteiger partial charge >= 0.3 is 6.01 Å². The minimum Gasteiger partial charge on any atom is -0.406 e. The number of nitrogens with zero attached hydrogens (tertiary/aromatic N) is 3. The third kappa shape index (κ3) is 2.42. The first-order valence-electron chi connectivity index (χ1n) is 5.90. The topological polar surface area (TPSA) is 63.4 Å². The number of nitrogens with one attached hydrogen (secondary N) is 1. The monoisotopic (exact) mass is 240 g/mol. The Hall–Kier alpha value is -1.14. The molecule has 0 aromatic carbocycles. The van der Waals surface area contributed by atoms with Crippen molar-refractivity contribution in [2.24, 2.45) is 0 Å². The quantitative estimate of drug-likeness (QED) is 0.849. The Bertz CT molecular complexity index is 377. The normalized spacial score (nSPS) is 21.5. The van der Waals surface area contributed by atoms with Crippen LogP contribution < -0.4 is 10.2 Å². The predicted molar refractivity (Wildman–Crippen MR) is 64.0 cm³/mol. The van der Waals surface area contributed by atoms with Crippen molar-refractivity contribution < 1.29 is 9.15 Å². The molecule has 0 amide bonds. The third-order valence-corrected chi connectivity index (χ3v) is 3.11. The van der Waals surface area contributed by atoms with Gasteiger partial charge in [0.05, 0.1) is 24.8 Å². The zero-order valence-corrected chi connectivity index (χ0v) is 10.9. The second-order valence-electron chi connectivity index (χ2n) is 4.95. The van der Waals surface area contributed by atoms with Gasteiger partial charge in [-0.25, -0.2) is 0 Å². The minimum absolute atomic E-state index is 0.0698. The van der Waals surface area contributed by atoms with Crippen LogP contribution in [0.25, 0.3) is 0 Å². The zero-order chi connectivity index (χ0) is 12.5. The first-order chi connectivity index (χ1) is 8.04. The summed E-state index contributed by atoms with van der Waals surface area (Å²) >= 11 is 0. The molecule has 0 saturated carbocycles. The highest BCUT2D eigenvalue weighted by molar-refractivity contribution is 5.31. The van der Waals surface area contributed by atoms with Crippen LogP contribution in [0.15, 0.2) is 4.42 Å². The number of hydrogen-bond donors (Lipinski definition) is 1. The smallest absolute Gasteiger partial charge is 0.318 e. The van der Waals surface area contributed by atoms with Crippen LogP contribution >= 0.6 is 0 Å². The van der Waals surface area contributed by atoms with E-state index in [9.17, 15) is 0 Å². The van der Waals surface area contributed by atoms with E-state index in [1.54, 1.807) is 0 Å². The molecule has 1 unspecified atom stereocenters. The van der Waals surface area contributed by atoms with Crippen molar-refractivity contribution in [1.82, 2.24) is 15.5 Å². The molecular weight excluding hydrogens is 220 g/mol. The highest BCUT2D eigenvalue weighted by Crippen LogP contribution is 2.26. The highest BCUT2D eigenvalue weighted by atomic mass is 16.5. The van der Waals surface area contributed by atoms with E-state index < -0.39 is 0 Å². The number of hydrogen-bond acceptors (Lipinski definition) is 6. The molecule has 0 aliphatic carbocycles. The molecule has 1 aromatic rings. The van der Waals surface area contributed by atoms with Crippen molar-refractivity contribution >= 4 is 6.01 Å². The SMILES string of the molecule is CNC(C)c1nnc(N2CCOCC2(C)C)o1. The lowest BCUT2D eigenvalue weighted by molar-refractivity contribution is 0.0610. The van der Waals surface area contributed by atoms with Crippen molar-refractivity contribution in [3.63, 3.8) is 0 Å². The molecule has 2 rings (SSSR count). The van der Waals surface area contributed by atoms with E-state index in [2.05, 4.69) is 34.3 Å². The second-order valence-corrected chi connectivity index (χ2v) is 4.95. The van der Waals surface area contributed by atoms with Crippen LogP contribution in [0, 0.1) is 0 Å². The molecule has 0 bridgehead atoms. The molecule has 6 nitrogen and oxygen atoms in total. The van der Waals surface area contributed by atoms with E-state index >= 15 is 0 Å². The minimum atomic E-state index is -0.106. The summed E-state index contributed by atoms with van der Waals surface area (Å²) in [5, 5.41) is 11.3. The number of morpholine rings is 1. The van der Waals surface area contributed by atoms with Crippen LogP contribution in [0.4, 0.5) is 6.01 Å². The van der Waals surface area contributed by atoms with Gasteiger partial charge in [-0.05, 0) is 27.8 Å². The number of ether oxygens (including phenoxy) is 1. The van der Waals surface area contributed by atoms with Crippen LogP contribution in [0.5, 0.6) is 0 Å². The summed E-state index contributed by atoms with van der Waals surface area (Å²) < 4.78 is 11.2. The predicted octanol–water partition coefficient (Wildman–Crippen LogP) is 0.965. The second kappa shape index (κ2) is 4.62. The molecule has 1 aliphatic rings. The number of rotatable bonds is 3. The summed E-state index contributed by atoms with van der Waals surface area (Å²) in [6.45, 7) is 8.36. The summed E-state index contributed by atoms with van der Waals surface area (Å²) in [5.41, 5.74) is -0.106. The number of anilines is 1. The molecule has 1 atom stereocenters. The van der Waals surface area contributed by atoms with Crippen molar-refractivity contribution in [3.05, 3.63) is 5.89 Å². The Labute approximate surface area is 101 Å². The molecule has 1 aromatic heterocycles. The molecule has 0 radical (unpaired) electrons. The standard InChI is InChI=1S/C11H20N4O2/c1-8(12-4)9-13-14-10(17-9)15-5-6-16-7-11(15,2)3/h8,12H,5-7H2,1-4H3. The molecule has 6 heteroatoms. The third-order valence-electron chi connectivity index (χ3n) is 3.11. The molecular formula is C11H20N4O2. The highest BCUT2D eigenvalue weighted by Gasteiger charge is 2.34. The summed E-state index contributed by atoms with van der Waals surface area (Å²) in [4.78, 5) is 2.11. The molecule has 0 spiro atoms. The van der Waals surface area contributed by atoms with Crippen LogP contribution in [-0.4, -0.2) is 42.5 Å². The van der Waals surface area contributed by atoms with Gasteiger partial charge in [-0.3, -0.25) is 0 Å². The van der Waals surface area contributed by atoms with E-state index in [4.69, 9.17) is 9.15 Å². The zero-order valence-electron chi connectivity index (χ0n) is 10.9. The van der Waals surface area contributed by atoms with Gasteiger partial charge in [-0.1, -0.05) is 5.10 Å². The van der Waals surface area contributed by atoms with Gasteiger partial charge in [0.1, 0.15) is 0 Å². The van der Waals surface area contributed by atoms with Gasteiger partial charge in [0.2, 0.25) is 5.89 Å². The van der Waals surface area contributed by atoms with Gasteiger partial charge < -0.3 is 19.4 Å². The average Bonchev–Trinajstić information content (AvgIpc) is 2.76. The lowest BCUT2D eigenvalue weighted by atomic mass is 10.0. The lowest BCUT2D eigenvalue weighted by Crippen LogP contribution is -2.53. The molecule has 1 N–H and O–H groups in total. The Morgan fingerprint density at radius 1 is 1.41 bits per heavy atom. The molecule has 1 fully saturated rings. The van der Waals surface area contributed by atoms with Gasteiger partial charge in [-0.15, -0.1) is 5.10 Å². The maximum atomic E-state index is 5.70. The molecule has 96 valence electrons. The fourth-order valence-electron chi connectivity index (χ4n) is 1.85. The van der Waals surface area contributed by atoms with Gasteiger partial charge in [-0.2, -0.15) is 0 Å². The van der Waals surface area contributed by atoms with Crippen LogP contribution in [0.2, 0.25) is 0 Å². The number of aromatic nitrogens is 2. The average molecular weight is 240 g/mol. The van der Waals surface area contributed by atoms with Crippen molar-refractivity contribution in [2.45, 2.75) is 32.4 Å². The molecule has 1 aliphatic heterocycles. The van der Waals surface area contributed by atoms with Gasteiger partial charge in [0.25, 0.3) is 0 Å². The van der Waals surface area contributed by atoms with E-state index in [1.165, 1.54) is 0 Å². The first kappa shape index (κ1) is 12.3. The van der Waals surface area contributed by atoms with E-state index in [1.807, 2.05) is 14.0 Å². The van der Waals surface area contributed by atoms with Crippen molar-refractivity contribution in [2.75, 3.05) is 31.7 Å². The van der Waals surface area contributed by atoms with Crippen LogP contribution in [0.3, 0.4) is 0 Å². The van der Waals surface area contributed by atoms with Crippen LogP contribution in [-0.2, 0) is 4.74 Å². The maximum Gasteiger partial charge on any atom is 0.318 e. The Morgan fingerprint density at radius 2 is 2.18 bits per heavy atom. The van der Waals surface area contributed by atoms with E-state index in [0.717, 1.165) is 6.54 Å². The Kier molecular flexibility index (Phi) is 3.35. The lowest BCUT2D eigenvalue weighted by Gasteiger charge is -2.40. The fourth-order valence-corrected chi connectivity index (χ4v) is 1.85. The fraction of sp³-hybridized carbons (Fsp3) is 0.818.